The molecule has 0 unspecified atom stereocenters. The second kappa shape index (κ2) is 6.20. The summed E-state index contributed by atoms with van der Waals surface area (Å²) in [5.41, 5.74) is 1.50. The lowest BCUT2D eigenvalue weighted by Crippen LogP contribution is -2.13. The van der Waals surface area contributed by atoms with Crippen molar-refractivity contribution in [3.05, 3.63) is 83.7 Å². The topological polar surface area (TPSA) is 0 Å². The van der Waals surface area contributed by atoms with E-state index < -0.39 is 7.92 Å². The van der Waals surface area contributed by atoms with Crippen molar-refractivity contribution in [2.24, 2.45) is 0 Å². The fraction of sp³-hybridized carbons (Fsp3) is 0.158. The zero-order valence-electron chi connectivity index (χ0n) is 11.8. The fourth-order valence-electron chi connectivity index (χ4n) is 2.59. The van der Waals surface area contributed by atoms with Crippen LogP contribution in [-0.2, 0) is 0 Å². The highest BCUT2D eigenvalue weighted by molar-refractivity contribution is 7.77. The maximum atomic E-state index is 2.43. The quantitative estimate of drug-likeness (QED) is 0.711. The standard InChI is InChI=1S/C19H19P/c1-16-9-8-14-19(15-16)20(17-10-4-2-5-11-17)18-12-6-3-7-13-18/h2-7,10-15H,8-9H2,1H3. The molecule has 1 aliphatic rings. The van der Waals surface area contributed by atoms with Gasteiger partial charge in [0.2, 0.25) is 0 Å². The first-order chi connectivity index (χ1) is 9.84. The van der Waals surface area contributed by atoms with Gasteiger partial charge in [-0.05, 0) is 43.6 Å². The van der Waals surface area contributed by atoms with Crippen molar-refractivity contribution in [2.45, 2.75) is 19.8 Å². The number of hydrogen-bond donors (Lipinski definition) is 0. The third-order valence-electron chi connectivity index (χ3n) is 3.57. The predicted molar refractivity (Wildman–Crippen MR) is 90.1 cm³/mol. The molecule has 2 aromatic rings. The molecule has 20 heavy (non-hydrogen) atoms. The van der Waals surface area contributed by atoms with Gasteiger partial charge in [0.05, 0.1) is 0 Å². The van der Waals surface area contributed by atoms with Crippen LogP contribution in [-0.4, -0.2) is 0 Å². The Hall–Kier alpha value is -1.65. The highest BCUT2D eigenvalue weighted by atomic mass is 31.1. The molecule has 1 aliphatic carbocycles. The average molecular weight is 278 g/mol. The molecular formula is C19H19P. The van der Waals surface area contributed by atoms with Gasteiger partial charge < -0.3 is 0 Å². The average Bonchev–Trinajstić information content (AvgIpc) is 2.50. The van der Waals surface area contributed by atoms with Gasteiger partial charge in [0.15, 0.2) is 0 Å². The molecule has 1 heteroatoms. The summed E-state index contributed by atoms with van der Waals surface area (Å²) in [4.78, 5) is 0. The van der Waals surface area contributed by atoms with E-state index >= 15 is 0 Å². The molecule has 0 atom stereocenters. The smallest absolute Gasteiger partial charge is 0.0138 e. The Morgan fingerprint density at radius 2 is 1.35 bits per heavy atom. The van der Waals surface area contributed by atoms with Crippen molar-refractivity contribution in [2.75, 3.05) is 0 Å². The lowest BCUT2D eigenvalue weighted by atomic mass is 10.1. The second-order valence-corrected chi connectivity index (χ2v) is 7.38. The molecule has 2 aromatic carbocycles. The largest absolute Gasteiger partial charge is 0.0758 e. The molecule has 0 saturated carbocycles. The first-order valence-corrected chi connectivity index (χ1v) is 8.46. The molecular weight excluding hydrogens is 259 g/mol. The number of rotatable bonds is 3. The molecule has 0 bridgehead atoms. The molecule has 0 N–H and O–H groups in total. The minimum absolute atomic E-state index is 0.411. The minimum atomic E-state index is -0.411. The van der Waals surface area contributed by atoms with Crippen molar-refractivity contribution < 1.29 is 0 Å². The van der Waals surface area contributed by atoms with Crippen LogP contribution < -0.4 is 10.6 Å². The van der Waals surface area contributed by atoms with Crippen LogP contribution in [0.4, 0.5) is 0 Å². The molecule has 0 heterocycles. The van der Waals surface area contributed by atoms with Crippen molar-refractivity contribution >= 4 is 18.5 Å². The van der Waals surface area contributed by atoms with Crippen LogP contribution in [0.15, 0.2) is 83.7 Å². The van der Waals surface area contributed by atoms with E-state index in [-0.39, 0.29) is 0 Å². The highest BCUT2D eigenvalue weighted by Gasteiger charge is 2.18. The molecule has 0 aromatic heterocycles. The van der Waals surface area contributed by atoms with Crippen LogP contribution in [0.25, 0.3) is 0 Å². The maximum absolute atomic E-state index is 2.43. The SMILES string of the molecule is CC1=CC(P(c2ccccc2)c2ccccc2)=CCC1. The van der Waals surface area contributed by atoms with E-state index in [4.69, 9.17) is 0 Å². The van der Waals surface area contributed by atoms with E-state index in [0.717, 1.165) is 0 Å². The summed E-state index contributed by atoms with van der Waals surface area (Å²) in [7, 11) is -0.411. The third kappa shape index (κ3) is 2.92. The summed E-state index contributed by atoms with van der Waals surface area (Å²) in [6, 6.07) is 21.8. The predicted octanol–water partition coefficient (Wildman–Crippen LogP) is 4.74. The summed E-state index contributed by atoms with van der Waals surface area (Å²) >= 11 is 0. The molecule has 100 valence electrons. The molecule has 0 aliphatic heterocycles. The van der Waals surface area contributed by atoms with Crippen molar-refractivity contribution in [3.8, 4) is 0 Å². The summed E-state index contributed by atoms with van der Waals surface area (Å²) in [6.45, 7) is 2.25. The third-order valence-corrected chi connectivity index (χ3v) is 6.03. The van der Waals surface area contributed by atoms with Gasteiger partial charge in [-0.15, -0.1) is 0 Å². The van der Waals surface area contributed by atoms with Crippen LogP contribution in [0.1, 0.15) is 19.8 Å². The van der Waals surface area contributed by atoms with Gasteiger partial charge in [-0.3, -0.25) is 0 Å². The first kappa shape index (κ1) is 13.3. The van der Waals surface area contributed by atoms with Gasteiger partial charge in [-0.1, -0.05) is 78.4 Å². The van der Waals surface area contributed by atoms with E-state index in [1.54, 1.807) is 0 Å². The Morgan fingerprint density at radius 3 is 1.85 bits per heavy atom. The monoisotopic (exact) mass is 278 g/mol. The first-order valence-electron chi connectivity index (χ1n) is 7.12. The molecule has 0 spiro atoms. The van der Waals surface area contributed by atoms with Crippen molar-refractivity contribution in [1.29, 1.82) is 0 Å². The van der Waals surface area contributed by atoms with Gasteiger partial charge in [0.1, 0.15) is 0 Å². The van der Waals surface area contributed by atoms with Crippen molar-refractivity contribution in [1.82, 2.24) is 0 Å². The molecule has 0 fully saturated rings. The molecule has 0 saturated heterocycles. The summed E-state index contributed by atoms with van der Waals surface area (Å²) in [5, 5.41) is 4.37. The Balaban J connectivity index is 2.07. The Labute approximate surface area is 122 Å². The summed E-state index contributed by atoms with van der Waals surface area (Å²) < 4.78 is 0. The van der Waals surface area contributed by atoms with E-state index in [2.05, 4.69) is 79.7 Å². The van der Waals surface area contributed by atoms with Crippen LogP contribution in [0.3, 0.4) is 0 Å². The Kier molecular flexibility index (Phi) is 4.14. The van der Waals surface area contributed by atoms with E-state index in [1.165, 1.54) is 34.3 Å². The molecule has 3 rings (SSSR count). The van der Waals surface area contributed by atoms with Crippen LogP contribution in [0.5, 0.6) is 0 Å². The zero-order valence-corrected chi connectivity index (χ0v) is 12.7. The van der Waals surface area contributed by atoms with E-state index in [0.29, 0.717) is 0 Å². The highest BCUT2D eigenvalue weighted by Crippen LogP contribution is 2.45. The second-order valence-electron chi connectivity index (χ2n) is 5.16. The Morgan fingerprint density at radius 1 is 0.800 bits per heavy atom. The molecule has 0 radical (unpaired) electrons. The normalized spacial score (nSPS) is 14.9. The summed E-state index contributed by atoms with van der Waals surface area (Å²) in [5.74, 6) is 0. The van der Waals surface area contributed by atoms with E-state index in [9.17, 15) is 0 Å². The number of allylic oxidation sites excluding steroid dienone is 4. The number of benzene rings is 2. The minimum Gasteiger partial charge on any atom is -0.0758 e. The fourth-order valence-corrected chi connectivity index (χ4v) is 5.08. The van der Waals surface area contributed by atoms with Crippen LogP contribution in [0, 0.1) is 0 Å². The summed E-state index contributed by atoms with van der Waals surface area (Å²) in [6.07, 6.45) is 7.21. The maximum Gasteiger partial charge on any atom is -0.0138 e. The van der Waals surface area contributed by atoms with E-state index in [1.807, 2.05) is 0 Å². The van der Waals surface area contributed by atoms with Crippen molar-refractivity contribution in [3.63, 3.8) is 0 Å². The van der Waals surface area contributed by atoms with Gasteiger partial charge in [0, 0.05) is 0 Å². The number of hydrogen-bond acceptors (Lipinski definition) is 0. The lowest BCUT2D eigenvalue weighted by molar-refractivity contribution is 0.958. The van der Waals surface area contributed by atoms with Gasteiger partial charge >= 0.3 is 0 Å². The van der Waals surface area contributed by atoms with Gasteiger partial charge in [-0.25, -0.2) is 0 Å². The molecule has 0 amide bonds. The zero-order chi connectivity index (χ0) is 13.8. The Bertz CT molecular complexity index is 584. The molecule has 0 nitrogen and oxygen atoms in total. The van der Waals surface area contributed by atoms with Gasteiger partial charge in [0.25, 0.3) is 0 Å². The van der Waals surface area contributed by atoms with Gasteiger partial charge in [-0.2, -0.15) is 0 Å². The van der Waals surface area contributed by atoms with Crippen LogP contribution in [0.2, 0.25) is 0 Å². The lowest BCUT2D eigenvalue weighted by Gasteiger charge is -2.23. The van der Waals surface area contributed by atoms with Crippen LogP contribution >= 0.6 is 7.92 Å².